The number of aryl methyl sites for hydroxylation is 1. The van der Waals surface area contributed by atoms with Crippen LogP contribution in [-0.2, 0) is 13.1 Å². The lowest BCUT2D eigenvalue weighted by atomic mass is 10.2. The third-order valence-electron chi connectivity index (χ3n) is 4.22. The highest BCUT2D eigenvalue weighted by atomic mass is 15.5. The monoisotopic (exact) mass is 316 g/mol. The molecule has 1 atom stereocenters. The van der Waals surface area contributed by atoms with Crippen LogP contribution in [0.1, 0.15) is 38.4 Å². The molecule has 124 valence electrons. The molecule has 1 fully saturated rings. The second-order valence-corrected chi connectivity index (χ2v) is 5.87. The van der Waals surface area contributed by atoms with Gasteiger partial charge in [0.15, 0.2) is 11.6 Å². The Hall–Kier alpha value is -2.09. The van der Waals surface area contributed by atoms with Crippen molar-refractivity contribution in [2.45, 2.75) is 51.7 Å². The number of hydrogen-bond donors (Lipinski definition) is 1. The number of rotatable bonds is 8. The zero-order valence-corrected chi connectivity index (χ0v) is 13.6. The summed E-state index contributed by atoms with van der Waals surface area (Å²) in [6, 6.07) is 4.41. The van der Waals surface area contributed by atoms with E-state index in [1.165, 1.54) is 12.8 Å². The van der Waals surface area contributed by atoms with Crippen LogP contribution in [0.15, 0.2) is 18.3 Å². The number of aromatic nitrogens is 6. The number of hydrogen-bond acceptors (Lipinski definition) is 7. The highest BCUT2D eigenvalue weighted by molar-refractivity contribution is 5.39. The molecule has 23 heavy (non-hydrogen) atoms. The number of unbranched alkanes of at least 4 members (excludes halogenated alkanes) is 1. The van der Waals surface area contributed by atoms with Gasteiger partial charge >= 0.3 is 0 Å². The fourth-order valence-corrected chi connectivity index (χ4v) is 2.98. The maximum Gasteiger partial charge on any atom is 0.165 e. The molecule has 8 heteroatoms. The van der Waals surface area contributed by atoms with Crippen LogP contribution < -0.4 is 10.2 Å². The van der Waals surface area contributed by atoms with Gasteiger partial charge in [0.05, 0.1) is 6.54 Å². The summed E-state index contributed by atoms with van der Waals surface area (Å²) in [5.74, 6) is 1.87. The molecule has 1 N–H and O–H groups in total. The van der Waals surface area contributed by atoms with Crippen LogP contribution in [-0.4, -0.2) is 49.5 Å². The van der Waals surface area contributed by atoms with E-state index in [0.29, 0.717) is 12.6 Å². The standard InChI is InChI=1S/C15H24N8/c1-2-3-10-23-15(19-20-21-23)12-16-11-13-6-5-9-22(13)14-7-4-8-17-18-14/h4,7-8,13,16H,2-3,5-6,9-12H2,1H3/t13-/m1/s1. The topological polar surface area (TPSA) is 84.7 Å². The summed E-state index contributed by atoms with van der Waals surface area (Å²) in [7, 11) is 0. The van der Waals surface area contributed by atoms with Crippen molar-refractivity contribution in [1.82, 2.24) is 35.7 Å². The minimum absolute atomic E-state index is 0.451. The molecule has 0 amide bonds. The number of tetrazole rings is 1. The summed E-state index contributed by atoms with van der Waals surface area (Å²) in [5, 5.41) is 23.7. The van der Waals surface area contributed by atoms with E-state index in [9.17, 15) is 0 Å². The van der Waals surface area contributed by atoms with Crippen molar-refractivity contribution < 1.29 is 0 Å². The van der Waals surface area contributed by atoms with E-state index >= 15 is 0 Å². The second-order valence-electron chi connectivity index (χ2n) is 5.87. The minimum Gasteiger partial charge on any atom is -0.351 e. The number of nitrogens with one attached hydrogen (secondary N) is 1. The van der Waals surface area contributed by atoms with Gasteiger partial charge in [-0.1, -0.05) is 13.3 Å². The van der Waals surface area contributed by atoms with Crippen molar-refractivity contribution >= 4 is 5.82 Å². The first kappa shape index (κ1) is 15.8. The zero-order valence-electron chi connectivity index (χ0n) is 13.6. The maximum atomic E-state index is 4.23. The highest BCUT2D eigenvalue weighted by Crippen LogP contribution is 2.22. The molecule has 2 aromatic rings. The van der Waals surface area contributed by atoms with Crippen LogP contribution in [0.3, 0.4) is 0 Å². The van der Waals surface area contributed by atoms with E-state index in [-0.39, 0.29) is 0 Å². The molecule has 0 radical (unpaired) electrons. The molecule has 1 aliphatic heterocycles. The predicted octanol–water partition coefficient (Wildman–Crippen LogP) is 1.02. The first-order valence-electron chi connectivity index (χ1n) is 8.38. The molecule has 0 aliphatic carbocycles. The Kier molecular flexibility index (Phi) is 5.46. The van der Waals surface area contributed by atoms with Gasteiger partial charge in [-0.2, -0.15) is 5.10 Å². The van der Waals surface area contributed by atoms with Crippen molar-refractivity contribution in [3.05, 3.63) is 24.2 Å². The predicted molar refractivity (Wildman–Crippen MR) is 86.8 cm³/mol. The van der Waals surface area contributed by atoms with Crippen molar-refractivity contribution in [3.63, 3.8) is 0 Å². The summed E-state index contributed by atoms with van der Waals surface area (Å²) in [6.07, 6.45) is 6.31. The van der Waals surface area contributed by atoms with Gasteiger partial charge in [0.1, 0.15) is 0 Å². The summed E-state index contributed by atoms with van der Waals surface area (Å²) >= 11 is 0. The average Bonchev–Trinajstić information content (AvgIpc) is 3.23. The quantitative estimate of drug-likeness (QED) is 0.778. The summed E-state index contributed by atoms with van der Waals surface area (Å²) < 4.78 is 1.89. The third-order valence-corrected chi connectivity index (χ3v) is 4.22. The van der Waals surface area contributed by atoms with E-state index < -0.39 is 0 Å². The molecule has 8 nitrogen and oxygen atoms in total. The molecule has 3 heterocycles. The summed E-state index contributed by atoms with van der Waals surface area (Å²) in [6.45, 7) is 5.69. The fraction of sp³-hybridized carbons (Fsp3) is 0.667. The van der Waals surface area contributed by atoms with Crippen molar-refractivity contribution in [2.24, 2.45) is 0 Å². The Balaban J connectivity index is 1.51. The number of nitrogens with zero attached hydrogens (tertiary/aromatic N) is 7. The minimum atomic E-state index is 0.451. The van der Waals surface area contributed by atoms with Gasteiger partial charge in [0.25, 0.3) is 0 Å². The van der Waals surface area contributed by atoms with Gasteiger partial charge in [-0.15, -0.1) is 10.2 Å². The van der Waals surface area contributed by atoms with Gasteiger partial charge in [0, 0.05) is 31.9 Å². The van der Waals surface area contributed by atoms with E-state index in [4.69, 9.17) is 0 Å². The molecular formula is C15H24N8. The van der Waals surface area contributed by atoms with E-state index in [1.54, 1.807) is 6.20 Å². The fourth-order valence-electron chi connectivity index (χ4n) is 2.98. The summed E-state index contributed by atoms with van der Waals surface area (Å²) in [5.41, 5.74) is 0. The molecule has 0 saturated carbocycles. The third kappa shape index (κ3) is 4.01. The maximum absolute atomic E-state index is 4.23. The van der Waals surface area contributed by atoms with E-state index in [0.717, 1.165) is 44.1 Å². The highest BCUT2D eigenvalue weighted by Gasteiger charge is 2.25. The lowest BCUT2D eigenvalue weighted by Gasteiger charge is -2.25. The molecule has 1 saturated heterocycles. The smallest absolute Gasteiger partial charge is 0.165 e. The van der Waals surface area contributed by atoms with E-state index in [2.05, 4.69) is 42.9 Å². The Morgan fingerprint density at radius 2 is 2.30 bits per heavy atom. The average molecular weight is 316 g/mol. The van der Waals surface area contributed by atoms with Gasteiger partial charge in [-0.3, -0.25) is 0 Å². The van der Waals surface area contributed by atoms with Gasteiger partial charge in [-0.05, 0) is 41.8 Å². The van der Waals surface area contributed by atoms with Gasteiger partial charge < -0.3 is 10.2 Å². The molecule has 0 bridgehead atoms. The van der Waals surface area contributed by atoms with Crippen LogP contribution in [0.25, 0.3) is 0 Å². The van der Waals surface area contributed by atoms with Gasteiger partial charge in [-0.25, -0.2) is 4.68 Å². The van der Waals surface area contributed by atoms with Crippen LogP contribution >= 0.6 is 0 Å². The van der Waals surface area contributed by atoms with Crippen LogP contribution in [0.4, 0.5) is 5.82 Å². The zero-order chi connectivity index (χ0) is 15.9. The molecule has 0 unspecified atom stereocenters. The van der Waals surface area contributed by atoms with E-state index in [1.807, 2.05) is 16.8 Å². The first-order valence-corrected chi connectivity index (χ1v) is 8.38. The van der Waals surface area contributed by atoms with Crippen LogP contribution in [0.2, 0.25) is 0 Å². The molecule has 2 aromatic heterocycles. The molecule has 1 aliphatic rings. The lowest BCUT2D eigenvalue weighted by Crippen LogP contribution is -2.38. The lowest BCUT2D eigenvalue weighted by molar-refractivity contribution is 0.504. The molecular weight excluding hydrogens is 292 g/mol. The molecule has 3 rings (SSSR count). The largest absolute Gasteiger partial charge is 0.351 e. The van der Waals surface area contributed by atoms with Crippen LogP contribution in [0.5, 0.6) is 0 Å². The molecule has 0 aromatic carbocycles. The van der Waals surface area contributed by atoms with Crippen molar-refractivity contribution in [3.8, 4) is 0 Å². The van der Waals surface area contributed by atoms with Crippen molar-refractivity contribution in [1.29, 1.82) is 0 Å². The van der Waals surface area contributed by atoms with Crippen LogP contribution in [0, 0.1) is 0 Å². The van der Waals surface area contributed by atoms with Crippen molar-refractivity contribution in [2.75, 3.05) is 18.0 Å². The Morgan fingerprint density at radius 1 is 1.35 bits per heavy atom. The number of anilines is 1. The first-order chi connectivity index (χ1) is 11.4. The summed E-state index contributed by atoms with van der Waals surface area (Å²) in [4.78, 5) is 2.33. The Morgan fingerprint density at radius 3 is 3.13 bits per heavy atom. The normalized spacial score (nSPS) is 17.8. The Bertz CT molecular complexity index is 584. The molecule has 0 spiro atoms. The Labute approximate surface area is 136 Å². The SMILES string of the molecule is CCCCn1nnnc1CNC[C@H]1CCCN1c1cccnn1. The van der Waals surface area contributed by atoms with Gasteiger partial charge in [0.2, 0.25) is 0 Å². The second kappa shape index (κ2) is 7.96.